The third-order valence-electron chi connectivity index (χ3n) is 2.81. The average Bonchev–Trinajstić information content (AvgIpc) is 2.92. The van der Waals surface area contributed by atoms with Crippen LogP contribution in [0.5, 0.6) is 0 Å². The lowest BCUT2D eigenvalue weighted by molar-refractivity contribution is -0.136. The Balaban J connectivity index is 1.74. The quantitative estimate of drug-likeness (QED) is 0.639. The van der Waals surface area contributed by atoms with Gasteiger partial charge in [-0.3, -0.25) is 9.59 Å². The van der Waals surface area contributed by atoms with Gasteiger partial charge in [-0.25, -0.2) is 4.39 Å². The molecule has 9 heteroatoms. The molecule has 0 spiro atoms. The number of amides is 2. The first kappa shape index (κ1) is 16.9. The minimum Gasteiger partial charge on any atom is -0.348 e. The molecule has 23 heavy (non-hydrogen) atoms. The molecule has 1 aromatic carbocycles. The second-order valence-corrected chi connectivity index (χ2v) is 5.08. The highest BCUT2D eigenvalue weighted by atomic mass is 35.5. The van der Waals surface area contributed by atoms with Crippen LogP contribution in [0.3, 0.4) is 0 Å². The van der Waals surface area contributed by atoms with Crippen molar-refractivity contribution in [3.63, 3.8) is 0 Å². The van der Waals surface area contributed by atoms with Crippen molar-refractivity contribution in [1.82, 2.24) is 15.5 Å². The van der Waals surface area contributed by atoms with Crippen LogP contribution in [0.15, 0.2) is 22.7 Å². The number of benzene rings is 1. The third kappa shape index (κ3) is 5.03. The van der Waals surface area contributed by atoms with E-state index in [0.717, 1.165) is 6.07 Å². The molecule has 1 aromatic heterocycles. The lowest BCUT2D eigenvalue weighted by Crippen LogP contribution is -2.36. The third-order valence-corrected chi connectivity index (χ3v) is 3.10. The fourth-order valence-electron chi connectivity index (χ4n) is 1.73. The summed E-state index contributed by atoms with van der Waals surface area (Å²) in [6.45, 7) is 1.98. The Morgan fingerprint density at radius 1 is 1.35 bits per heavy atom. The van der Waals surface area contributed by atoms with Gasteiger partial charge in [0.05, 0.1) is 5.02 Å². The largest absolute Gasteiger partial charge is 0.348 e. The van der Waals surface area contributed by atoms with Gasteiger partial charge in [-0.15, -0.1) is 0 Å². The predicted molar refractivity (Wildman–Crippen MR) is 80.4 cm³/mol. The van der Waals surface area contributed by atoms with Crippen molar-refractivity contribution in [3.05, 3.63) is 40.8 Å². The number of nitrogens with zero attached hydrogens (tertiary/aromatic N) is 2. The van der Waals surface area contributed by atoms with E-state index in [0.29, 0.717) is 24.6 Å². The van der Waals surface area contributed by atoms with E-state index in [1.165, 1.54) is 12.1 Å². The first-order valence-corrected chi connectivity index (χ1v) is 7.17. The highest BCUT2D eigenvalue weighted by molar-refractivity contribution is 6.39. The zero-order valence-electron chi connectivity index (χ0n) is 12.2. The summed E-state index contributed by atoms with van der Waals surface area (Å²) in [5.74, 6) is -1.25. The number of hydrogen-bond donors (Lipinski definition) is 2. The van der Waals surface area contributed by atoms with Crippen molar-refractivity contribution in [3.8, 4) is 0 Å². The molecule has 2 amide bonds. The van der Waals surface area contributed by atoms with E-state index >= 15 is 0 Å². The Kier molecular flexibility index (Phi) is 5.64. The fraction of sp³-hybridized carbons (Fsp3) is 0.286. The molecule has 0 saturated carbocycles. The Labute approximate surface area is 136 Å². The Morgan fingerprint density at radius 2 is 2.13 bits per heavy atom. The minimum absolute atomic E-state index is 0.141. The molecule has 0 aliphatic carbocycles. The number of aryl methyl sites for hydroxylation is 2. The van der Waals surface area contributed by atoms with Gasteiger partial charge >= 0.3 is 11.8 Å². The van der Waals surface area contributed by atoms with E-state index in [1.807, 2.05) is 0 Å². The van der Waals surface area contributed by atoms with Crippen LogP contribution >= 0.6 is 11.6 Å². The van der Waals surface area contributed by atoms with E-state index < -0.39 is 17.6 Å². The molecular weight excluding hydrogens is 327 g/mol. The minimum atomic E-state index is -0.860. The van der Waals surface area contributed by atoms with Crippen molar-refractivity contribution in [2.45, 2.75) is 19.8 Å². The maximum Gasteiger partial charge on any atom is 0.313 e. The molecule has 0 atom stereocenters. The van der Waals surface area contributed by atoms with Crippen molar-refractivity contribution in [2.75, 3.05) is 11.9 Å². The van der Waals surface area contributed by atoms with Crippen molar-refractivity contribution in [1.29, 1.82) is 0 Å². The Hall–Kier alpha value is -2.48. The maximum absolute atomic E-state index is 13.0. The van der Waals surface area contributed by atoms with Crippen LogP contribution in [0, 0.1) is 12.7 Å². The molecule has 0 unspecified atom stereocenters. The molecule has 122 valence electrons. The SMILES string of the molecule is Cc1noc(CCCNC(=O)C(=O)Nc2ccc(F)c(Cl)c2)n1. The van der Waals surface area contributed by atoms with Crippen LogP contribution in [-0.4, -0.2) is 28.5 Å². The van der Waals surface area contributed by atoms with Gasteiger partial charge in [-0.2, -0.15) is 4.98 Å². The van der Waals surface area contributed by atoms with E-state index in [4.69, 9.17) is 16.1 Å². The second-order valence-electron chi connectivity index (χ2n) is 4.68. The number of halogens is 2. The van der Waals surface area contributed by atoms with Crippen LogP contribution in [0.1, 0.15) is 18.1 Å². The summed E-state index contributed by atoms with van der Waals surface area (Å²) in [4.78, 5) is 27.3. The zero-order valence-corrected chi connectivity index (χ0v) is 13.0. The summed E-state index contributed by atoms with van der Waals surface area (Å²) in [6, 6.07) is 3.63. The van der Waals surface area contributed by atoms with Gasteiger partial charge in [-0.1, -0.05) is 16.8 Å². The van der Waals surface area contributed by atoms with Gasteiger partial charge in [0.2, 0.25) is 5.89 Å². The van der Waals surface area contributed by atoms with Gasteiger partial charge in [0.1, 0.15) is 5.82 Å². The van der Waals surface area contributed by atoms with Gasteiger partial charge in [0, 0.05) is 18.7 Å². The first-order chi connectivity index (χ1) is 11.0. The molecule has 0 bridgehead atoms. The molecule has 0 radical (unpaired) electrons. The molecule has 2 aromatic rings. The fourth-order valence-corrected chi connectivity index (χ4v) is 1.91. The number of carbonyl (C=O) groups excluding carboxylic acids is 2. The standard InChI is InChI=1S/C14H14ClFN4O3/c1-8-18-12(23-20-8)3-2-6-17-13(21)14(22)19-9-4-5-11(16)10(15)7-9/h4-5,7H,2-3,6H2,1H3,(H,17,21)(H,19,22). The van der Waals surface area contributed by atoms with Gasteiger partial charge in [0.25, 0.3) is 0 Å². The number of hydrogen-bond acceptors (Lipinski definition) is 5. The van der Waals surface area contributed by atoms with Crippen LogP contribution in [0.2, 0.25) is 5.02 Å². The summed E-state index contributed by atoms with van der Waals surface area (Å²) in [5, 5.41) is 8.29. The predicted octanol–water partition coefficient (Wildman–Crippen LogP) is 1.86. The normalized spacial score (nSPS) is 10.4. The maximum atomic E-state index is 13.0. The Morgan fingerprint density at radius 3 is 2.78 bits per heavy atom. The van der Waals surface area contributed by atoms with Crippen molar-refractivity contribution in [2.24, 2.45) is 0 Å². The lowest BCUT2D eigenvalue weighted by atomic mass is 10.3. The second kappa shape index (κ2) is 7.68. The summed E-state index contributed by atoms with van der Waals surface area (Å²) < 4.78 is 17.9. The number of anilines is 1. The van der Waals surface area contributed by atoms with E-state index in [-0.39, 0.29) is 17.3 Å². The monoisotopic (exact) mass is 340 g/mol. The molecule has 0 aliphatic rings. The van der Waals surface area contributed by atoms with Crippen LogP contribution in [0.4, 0.5) is 10.1 Å². The van der Waals surface area contributed by atoms with Crippen molar-refractivity contribution < 1.29 is 18.5 Å². The van der Waals surface area contributed by atoms with Gasteiger partial charge in [0.15, 0.2) is 5.82 Å². The molecule has 7 nitrogen and oxygen atoms in total. The van der Waals surface area contributed by atoms with E-state index in [9.17, 15) is 14.0 Å². The summed E-state index contributed by atoms with van der Waals surface area (Å²) in [5.41, 5.74) is 0.234. The van der Waals surface area contributed by atoms with E-state index in [1.54, 1.807) is 6.92 Å². The van der Waals surface area contributed by atoms with Gasteiger partial charge in [-0.05, 0) is 31.5 Å². The van der Waals surface area contributed by atoms with Crippen LogP contribution < -0.4 is 10.6 Å². The molecular formula is C14H14ClFN4O3. The highest BCUT2D eigenvalue weighted by Crippen LogP contribution is 2.19. The summed E-state index contributed by atoms with van der Waals surface area (Å²) in [7, 11) is 0. The summed E-state index contributed by atoms with van der Waals surface area (Å²) >= 11 is 5.59. The highest BCUT2D eigenvalue weighted by Gasteiger charge is 2.14. The Bertz CT molecular complexity index is 720. The molecule has 0 aliphatic heterocycles. The number of carbonyl (C=O) groups is 2. The topological polar surface area (TPSA) is 97.1 Å². The average molecular weight is 341 g/mol. The zero-order chi connectivity index (χ0) is 16.8. The first-order valence-electron chi connectivity index (χ1n) is 6.79. The molecule has 2 rings (SSSR count). The number of nitrogens with one attached hydrogen (secondary N) is 2. The number of rotatable bonds is 5. The number of aromatic nitrogens is 2. The smallest absolute Gasteiger partial charge is 0.313 e. The summed E-state index contributed by atoms with van der Waals surface area (Å²) in [6.07, 6.45) is 1.04. The van der Waals surface area contributed by atoms with Crippen LogP contribution in [-0.2, 0) is 16.0 Å². The lowest BCUT2D eigenvalue weighted by Gasteiger charge is -2.06. The van der Waals surface area contributed by atoms with Crippen molar-refractivity contribution >= 4 is 29.1 Å². The van der Waals surface area contributed by atoms with Crippen LogP contribution in [0.25, 0.3) is 0 Å². The molecule has 1 heterocycles. The van der Waals surface area contributed by atoms with Gasteiger partial charge < -0.3 is 15.2 Å². The molecule has 2 N–H and O–H groups in total. The molecule has 0 fully saturated rings. The molecule has 0 saturated heterocycles. The van der Waals surface area contributed by atoms with E-state index in [2.05, 4.69) is 20.8 Å².